The lowest BCUT2D eigenvalue weighted by Crippen LogP contribution is -2.15. The van der Waals surface area contributed by atoms with Gasteiger partial charge >= 0.3 is 0 Å². The molecule has 0 radical (unpaired) electrons. The SMILES string of the molecule is CN1Cc2ccc(N(c3ccccc3)c3ccccc3)cc2C1O. The molecule has 0 amide bonds. The summed E-state index contributed by atoms with van der Waals surface area (Å²) in [6, 6.07) is 27.0. The second-order valence-electron chi connectivity index (χ2n) is 6.18. The van der Waals surface area contributed by atoms with Crippen LogP contribution in [0.2, 0.25) is 0 Å². The number of nitrogens with zero attached hydrogens (tertiary/aromatic N) is 2. The van der Waals surface area contributed by atoms with Crippen molar-refractivity contribution < 1.29 is 5.11 Å². The molecule has 1 atom stereocenters. The van der Waals surface area contributed by atoms with Crippen LogP contribution in [0, 0.1) is 0 Å². The molecule has 4 rings (SSSR count). The second-order valence-corrected chi connectivity index (χ2v) is 6.18. The van der Waals surface area contributed by atoms with Gasteiger partial charge in [-0.05, 0) is 49.0 Å². The van der Waals surface area contributed by atoms with E-state index in [-0.39, 0.29) is 0 Å². The summed E-state index contributed by atoms with van der Waals surface area (Å²) in [7, 11) is 1.94. The molecule has 1 heterocycles. The average Bonchev–Trinajstić information content (AvgIpc) is 2.91. The second kappa shape index (κ2) is 6.11. The quantitative estimate of drug-likeness (QED) is 0.765. The number of hydrogen-bond donors (Lipinski definition) is 1. The molecule has 1 aliphatic heterocycles. The van der Waals surface area contributed by atoms with E-state index >= 15 is 0 Å². The van der Waals surface area contributed by atoms with E-state index in [1.54, 1.807) is 0 Å². The van der Waals surface area contributed by atoms with E-state index in [9.17, 15) is 5.11 Å². The lowest BCUT2D eigenvalue weighted by molar-refractivity contribution is 0.0337. The number of aliphatic hydroxyl groups is 1. The molecule has 1 N–H and O–H groups in total. The van der Waals surface area contributed by atoms with Gasteiger partial charge in [0.25, 0.3) is 0 Å². The normalized spacial score (nSPS) is 16.8. The molecule has 24 heavy (non-hydrogen) atoms. The van der Waals surface area contributed by atoms with E-state index < -0.39 is 6.23 Å². The molecule has 0 fully saturated rings. The van der Waals surface area contributed by atoms with Gasteiger partial charge in [0.05, 0.1) is 0 Å². The summed E-state index contributed by atoms with van der Waals surface area (Å²) in [5.41, 5.74) is 5.44. The van der Waals surface area contributed by atoms with Gasteiger partial charge in [-0.25, -0.2) is 0 Å². The smallest absolute Gasteiger partial charge is 0.134 e. The molecule has 1 aliphatic rings. The van der Waals surface area contributed by atoms with E-state index in [0.717, 1.165) is 29.2 Å². The Balaban J connectivity index is 1.84. The fourth-order valence-electron chi connectivity index (χ4n) is 3.30. The molecule has 3 aromatic rings. The summed E-state index contributed by atoms with van der Waals surface area (Å²) in [6.45, 7) is 0.785. The summed E-state index contributed by atoms with van der Waals surface area (Å²) >= 11 is 0. The minimum absolute atomic E-state index is 0.534. The lowest BCUT2D eigenvalue weighted by Gasteiger charge is -2.26. The van der Waals surface area contributed by atoms with Gasteiger partial charge in [0.2, 0.25) is 0 Å². The van der Waals surface area contributed by atoms with Gasteiger partial charge in [-0.3, -0.25) is 4.90 Å². The van der Waals surface area contributed by atoms with Crippen molar-refractivity contribution in [1.29, 1.82) is 0 Å². The number of aliphatic hydroxyl groups excluding tert-OH is 1. The Morgan fingerprint density at radius 1 is 0.833 bits per heavy atom. The highest BCUT2D eigenvalue weighted by atomic mass is 16.3. The zero-order valence-electron chi connectivity index (χ0n) is 13.6. The van der Waals surface area contributed by atoms with Gasteiger partial charge in [0.1, 0.15) is 6.23 Å². The molecule has 3 aromatic carbocycles. The van der Waals surface area contributed by atoms with Crippen LogP contribution in [0.4, 0.5) is 17.1 Å². The third kappa shape index (κ3) is 2.58. The maximum absolute atomic E-state index is 10.4. The fourth-order valence-corrected chi connectivity index (χ4v) is 3.30. The number of para-hydroxylation sites is 2. The summed E-state index contributed by atoms with van der Waals surface area (Å²) in [4.78, 5) is 4.16. The van der Waals surface area contributed by atoms with Crippen molar-refractivity contribution in [2.45, 2.75) is 12.8 Å². The Morgan fingerprint density at radius 2 is 1.42 bits per heavy atom. The monoisotopic (exact) mass is 316 g/mol. The van der Waals surface area contributed by atoms with Crippen molar-refractivity contribution >= 4 is 17.1 Å². The molecule has 3 heteroatoms. The Labute approximate surface area is 142 Å². The Kier molecular flexibility index (Phi) is 3.81. The van der Waals surface area contributed by atoms with Gasteiger partial charge < -0.3 is 10.0 Å². The van der Waals surface area contributed by atoms with Crippen molar-refractivity contribution in [2.75, 3.05) is 11.9 Å². The van der Waals surface area contributed by atoms with Crippen molar-refractivity contribution in [3.8, 4) is 0 Å². The van der Waals surface area contributed by atoms with Crippen molar-refractivity contribution in [3.63, 3.8) is 0 Å². The van der Waals surface area contributed by atoms with Crippen LogP contribution in [-0.4, -0.2) is 17.1 Å². The summed E-state index contributed by atoms with van der Waals surface area (Å²) < 4.78 is 0. The van der Waals surface area contributed by atoms with Crippen molar-refractivity contribution in [1.82, 2.24) is 4.90 Å². The number of fused-ring (bicyclic) bond motifs is 1. The van der Waals surface area contributed by atoms with E-state index in [4.69, 9.17) is 0 Å². The Bertz CT molecular complexity index is 793. The van der Waals surface area contributed by atoms with Gasteiger partial charge in [0.15, 0.2) is 0 Å². The molecule has 0 aliphatic carbocycles. The highest BCUT2D eigenvalue weighted by Crippen LogP contribution is 2.38. The number of rotatable bonds is 3. The molecular weight excluding hydrogens is 296 g/mol. The molecule has 3 nitrogen and oxygen atoms in total. The highest BCUT2D eigenvalue weighted by molar-refractivity contribution is 5.77. The topological polar surface area (TPSA) is 26.7 Å². The number of anilines is 3. The number of hydrogen-bond acceptors (Lipinski definition) is 3. The molecule has 1 unspecified atom stereocenters. The molecule has 0 saturated carbocycles. The predicted molar refractivity (Wildman–Crippen MR) is 97.6 cm³/mol. The third-order valence-electron chi connectivity index (χ3n) is 4.53. The predicted octanol–water partition coefficient (Wildman–Crippen LogP) is 4.59. The molecule has 0 saturated heterocycles. The van der Waals surface area contributed by atoms with Crippen LogP contribution >= 0.6 is 0 Å². The van der Waals surface area contributed by atoms with E-state index in [1.807, 2.05) is 48.3 Å². The molecule has 120 valence electrons. The maximum Gasteiger partial charge on any atom is 0.134 e. The highest BCUT2D eigenvalue weighted by Gasteiger charge is 2.26. The molecular formula is C21H20N2O. The Morgan fingerprint density at radius 3 is 2.00 bits per heavy atom. The van der Waals surface area contributed by atoms with Crippen LogP contribution in [0.15, 0.2) is 78.9 Å². The van der Waals surface area contributed by atoms with Gasteiger partial charge in [-0.2, -0.15) is 0 Å². The summed E-state index contributed by atoms with van der Waals surface area (Å²) in [6.07, 6.45) is -0.534. The van der Waals surface area contributed by atoms with E-state index in [0.29, 0.717) is 0 Å². The Hall–Kier alpha value is -2.62. The third-order valence-corrected chi connectivity index (χ3v) is 4.53. The van der Waals surface area contributed by atoms with Crippen LogP contribution in [0.5, 0.6) is 0 Å². The van der Waals surface area contributed by atoms with Crippen LogP contribution in [-0.2, 0) is 6.54 Å². The summed E-state index contributed by atoms with van der Waals surface area (Å²) in [5, 5.41) is 10.4. The average molecular weight is 316 g/mol. The zero-order valence-corrected chi connectivity index (χ0v) is 13.6. The lowest BCUT2D eigenvalue weighted by atomic mass is 10.1. The first-order chi connectivity index (χ1) is 11.7. The van der Waals surface area contributed by atoms with Gasteiger partial charge in [-0.15, -0.1) is 0 Å². The van der Waals surface area contributed by atoms with Gasteiger partial charge in [-0.1, -0.05) is 42.5 Å². The van der Waals surface area contributed by atoms with Crippen molar-refractivity contribution in [2.24, 2.45) is 0 Å². The number of benzene rings is 3. The molecule has 0 spiro atoms. The maximum atomic E-state index is 10.4. The van der Waals surface area contributed by atoms with E-state index in [1.165, 1.54) is 5.56 Å². The summed E-state index contributed by atoms with van der Waals surface area (Å²) in [5.74, 6) is 0. The van der Waals surface area contributed by atoms with Gasteiger partial charge in [0, 0.05) is 29.2 Å². The van der Waals surface area contributed by atoms with E-state index in [2.05, 4.69) is 47.4 Å². The van der Waals surface area contributed by atoms with Crippen LogP contribution < -0.4 is 4.90 Å². The molecule has 0 aromatic heterocycles. The molecule has 0 bridgehead atoms. The van der Waals surface area contributed by atoms with Crippen LogP contribution in [0.25, 0.3) is 0 Å². The zero-order chi connectivity index (χ0) is 16.5. The minimum atomic E-state index is -0.534. The first-order valence-corrected chi connectivity index (χ1v) is 8.15. The minimum Gasteiger partial charge on any atom is -0.374 e. The first kappa shape index (κ1) is 14.9. The standard InChI is InChI=1S/C21H20N2O/c1-22-15-16-12-13-19(14-20(16)21(22)24)23(17-8-4-2-5-9-17)18-10-6-3-7-11-18/h2-14,21,24H,15H2,1H3. The van der Waals surface area contributed by atoms with Crippen molar-refractivity contribution in [3.05, 3.63) is 90.0 Å². The van der Waals surface area contributed by atoms with Crippen LogP contribution in [0.3, 0.4) is 0 Å². The fraction of sp³-hybridized carbons (Fsp3) is 0.143. The van der Waals surface area contributed by atoms with Crippen LogP contribution in [0.1, 0.15) is 17.4 Å². The first-order valence-electron chi connectivity index (χ1n) is 8.15. The largest absolute Gasteiger partial charge is 0.374 e.